The lowest BCUT2D eigenvalue weighted by molar-refractivity contribution is -0.145. The summed E-state index contributed by atoms with van der Waals surface area (Å²) in [4.78, 5) is 10.0. The molecule has 0 amide bonds. The molecule has 42 valence electrons. The van der Waals surface area contributed by atoms with Gasteiger partial charge in [-0.3, -0.25) is 4.79 Å². The van der Waals surface area contributed by atoms with Crippen molar-refractivity contribution in [3.8, 4) is 0 Å². The molecule has 0 saturated heterocycles. The van der Waals surface area contributed by atoms with E-state index in [0.29, 0.717) is 0 Å². The smallest absolute Gasteiger partial charge is 0.308 e. The molecule has 2 nitrogen and oxygen atoms in total. The van der Waals surface area contributed by atoms with E-state index in [0.717, 1.165) is 0 Å². The van der Waals surface area contributed by atoms with E-state index in [2.05, 4.69) is 0 Å². The Morgan fingerprint density at radius 3 is 1.57 bits per heavy atom. The van der Waals surface area contributed by atoms with Gasteiger partial charge in [0.2, 0.25) is 0 Å². The fraction of sp³-hybridized carbons (Fsp3) is 0.800. The van der Waals surface area contributed by atoms with E-state index in [1.165, 1.54) is 0 Å². The van der Waals surface area contributed by atoms with Gasteiger partial charge in [0.15, 0.2) is 0 Å². The van der Waals surface area contributed by atoms with Crippen molar-refractivity contribution in [1.29, 1.82) is 0 Å². The molecule has 0 radical (unpaired) electrons. The fourth-order valence-electron chi connectivity index (χ4n) is 0. The summed E-state index contributed by atoms with van der Waals surface area (Å²) in [6.07, 6.45) is 0. The number of carboxylic acid groups (broad SMARTS) is 1. The predicted molar refractivity (Wildman–Crippen MR) is 27.1 cm³/mol. The lowest BCUT2D eigenvalue weighted by Crippen LogP contribution is -2.18. The Balaban J connectivity index is 3.79. The van der Waals surface area contributed by atoms with E-state index in [1.54, 1.807) is 20.8 Å². The number of aliphatic carboxylic acids is 1. The molecule has 0 aromatic heterocycles. The molecule has 0 spiro atoms. The van der Waals surface area contributed by atoms with Gasteiger partial charge in [-0.15, -0.1) is 0 Å². The molecule has 0 bridgehead atoms. The topological polar surface area (TPSA) is 37.3 Å². The van der Waals surface area contributed by atoms with Crippen LogP contribution in [0.1, 0.15) is 20.8 Å². The van der Waals surface area contributed by atoms with Crippen LogP contribution >= 0.6 is 0 Å². The second kappa shape index (κ2) is 1.52. The predicted octanol–water partition coefficient (Wildman–Crippen LogP) is 1.12. The Hall–Kier alpha value is -0.530. The van der Waals surface area contributed by atoms with Gasteiger partial charge >= 0.3 is 5.97 Å². The van der Waals surface area contributed by atoms with E-state index < -0.39 is 11.4 Å². The highest BCUT2D eigenvalue weighted by Gasteiger charge is 2.18. The molecule has 2 heteroatoms. The minimum atomic E-state index is -0.757. The standard InChI is InChI=1S/C5H10O2/c1-5(2,3)4(6)7/h1-3H3,(H,6,7)/i4+2. The van der Waals surface area contributed by atoms with Crippen LogP contribution in [-0.4, -0.2) is 11.1 Å². The van der Waals surface area contributed by atoms with Crippen LogP contribution in [-0.2, 0) is 4.79 Å². The number of carbonyl (C=O) groups is 1. The molecule has 0 aliphatic carbocycles. The van der Waals surface area contributed by atoms with Gasteiger partial charge in [-0.05, 0) is 20.8 Å². The van der Waals surface area contributed by atoms with Crippen LogP contribution in [0.3, 0.4) is 0 Å². The normalized spacial score (nSPS) is 11.3. The Labute approximate surface area is 43.2 Å². The summed E-state index contributed by atoms with van der Waals surface area (Å²) in [6, 6.07) is 0. The molecule has 0 atom stereocenters. The molecular formula is C5H10O2. The average Bonchev–Trinajstić information content (AvgIpc) is 1.31. The summed E-state index contributed by atoms with van der Waals surface area (Å²) in [5.74, 6) is -0.757. The van der Waals surface area contributed by atoms with E-state index in [1.807, 2.05) is 0 Å². The molecule has 0 rings (SSSR count). The van der Waals surface area contributed by atoms with Crippen molar-refractivity contribution in [3.05, 3.63) is 0 Å². The van der Waals surface area contributed by atoms with Crippen LogP contribution in [0.2, 0.25) is 0 Å². The molecule has 0 aliphatic rings. The van der Waals surface area contributed by atoms with Crippen molar-refractivity contribution in [2.24, 2.45) is 5.41 Å². The number of hydrogen-bond donors (Lipinski definition) is 1. The van der Waals surface area contributed by atoms with Crippen molar-refractivity contribution in [1.82, 2.24) is 0 Å². The maximum absolute atomic E-state index is 10.0. The zero-order valence-corrected chi connectivity index (χ0v) is 4.86. The highest BCUT2D eigenvalue weighted by molar-refractivity contribution is 5.72. The summed E-state index contributed by atoms with van der Waals surface area (Å²) in [7, 11) is 0. The lowest BCUT2D eigenvalue weighted by Gasteiger charge is -2.08. The summed E-state index contributed by atoms with van der Waals surface area (Å²) in [5.41, 5.74) is -0.583. The van der Waals surface area contributed by atoms with E-state index in [4.69, 9.17) is 5.11 Å². The Morgan fingerprint density at radius 2 is 1.57 bits per heavy atom. The quantitative estimate of drug-likeness (QED) is 0.500. The summed E-state index contributed by atoms with van der Waals surface area (Å²) >= 11 is 0. The van der Waals surface area contributed by atoms with Gasteiger partial charge in [-0.25, -0.2) is 0 Å². The highest BCUT2D eigenvalue weighted by Crippen LogP contribution is 2.11. The SMILES string of the molecule is CC(C)(C)[14C](=O)O. The van der Waals surface area contributed by atoms with Crippen LogP contribution < -0.4 is 0 Å². The van der Waals surface area contributed by atoms with Crippen molar-refractivity contribution < 1.29 is 9.90 Å². The van der Waals surface area contributed by atoms with Crippen molar-refractivity contribution >= 4 is 5.97 Å². The van der Waals surface area contributed by atoms with E-state index in [9.17, 15) is 4.79 Å². The monoisotopic (exact) mass is 104 g/mol. The molecule has 0 aromatic rings. The summed E-state index contributed by atoms with van der Waals surface area (Å²) in [5, 5.41) is 8.25. The van der Waals surface area contributed by atoms with Crippen LogP contribution in [0.4, 0.5) is 0 Å². The lowest BCUT2D eigenvalue weighted by atomic mass is 10.1. The molecule has 0 unspecified atom stereocenters. The first-order chi connectivity index (χ1) is 2.94. The van der Waals surface area contributed by atoms with E-state index in [-0.39, 0.29) is 0 Å². The third kappa shape index (κ3) is 2.20. The van der Waals surface area contributed by atoms with Gasteiger partial charge in [0.25, 0.3) is 0 Å². The zero-order chi connectivity index (χ0) is 6.08. The largest absolute Gasteiger partial charge is 0.481 e. The first kappa shape index (κ1) is 6.47. The number of hydrogen-bond acceptors (Lipinski definition) is 1. The van der Waals surface area contributed by atoms with Crippen LogP contribution in [0, 0.1) is 5.41 Å². The van der Waals surface area contributed by atoms with Gasteiger partial charge in [0.1, 0.15) is 0 Å². The fourth-order valence-corrected chi connectivity index (χ4v) is 0. The molecule has 7 heavy (non-hydrogen) atoms. The Morgan fingerprint density at radius 1 is 1.43 bits per heavy atom. The minimum Gasteiger partial charge on any atom is -0.481 e. The van der Waals surface area contributed by atoms with Crippen LogP contribution in [0.15, 0.2) is 0 Å². The number of carboxylic acids is 1. The molecule has 0 aliphatic heterocycles. The zero-order valence-electron chi connectivity index (χ0n) is 4.86. The van der Waals surface area contributed by atoms with Gasteiger partial charge in [0, 0.05) is 0 Å². The Bertz CT molecular complexity index is 78.6. The van der Waals surface area contributed by atoms with E-state index >= 15 is 0 Å². The maximum atomic E-state index is 10.0. The molecule has 0 heterocycles. The molecule has 0 fully saturated rings. The first-order valence-electron chi connectivity index (χ1n) is 2.18. The maximum Gasteiger partial charge on any atom is 0.308 e. The molecule has 0 saturated carbocycles. The second-order valence-corrected chi connectivity index (χ2v) is 2.56. The van der Waals surface area contributed by atoms with Crippen LogP contribution in [0.25, 0.3) is 0 Å². The van der Waals surface area contributed by atoms with Gasteiger partial charge < -0.3 is 5.11 Å². The minimum absolute atomic E-state index is 0.583. The van der Waals surface area contributed by atoms with Gasteiger partial charge in [0.05, 0.1) is 5.41 Å². The second-order valence-electron chi connectivity index (χ2n) is 2.56. The first-order valence-corrected chi connectivity index (χ1v) is 2.18. The van der Waals surface area contributed by atoms with Gasteiger partial charge in [-0.1, -0.05) is 0 Å². The van der Waals surface area contributed by atoms with Gasteiger partial charge in [-0.2, -0.15) is 0 Å². The summed E-state index contributed by atoms with van der Waals surface area (Å²) < 4.78 is 0. The molecular weight excluding hydrogens is 94.0 g/mol. The van der Waals surface area contributed by atoms with Crippen molar-refractivity contribution in [3.63, 3.8) is 0 Å². The average molecular weight is 104 g/mol. The summed E-state index contributed by atoms with van der Waals surface area (Å²) in [6.45, 7) is 4.99. The molecule has 1 N–H and O–H groups in total. The third-order valence-corrected chi connectivity index (χ3v) is 0.642. The van der Waals surface area contributed by atoms with Crippen molar-refractivity contribution in [2.45, 2.75) is 20.8 Å². The molecule has 0 aromatic carbocycles. The van der Waals surface area contributed by atoms with Crippen molar-refractivity contribution in [2.75, 3.05) is 0 Å². The third-order valence-electron chi connectivity index (χ3n) is 0.642. The highest BCUT2D eigenvalue weighted by atomic mass is 16.6. The number of rotatable bonds is 0. The Kier molecular flexibility index (Phi) is 1.41. The van der Waals surface area contributed by atoms with Crippen LogP contribution in [0.5, 0.6) is 0 Å².